The van der Waals surface area contributed by atoms with Crippen LogP contribution in [0, 0.1) is 0 Å². The molecule has 0 fully saturated rings. The molecule has 3 N–H and O–H groups in total. The number of carbonyl (C=O) groups excluding carboxylic acids is 1. The van der Waals surface area contributed by atoms with E-state index in [1.165, 1.54) is 24.0 Å². The van der Waals surface area contributed by atoms with Crippen LogP contribution in [0.25, 0.3) is 0 Å². The van der Waals surface area contributed by atoms with Gasteiger partial charge in [0.15, 0.2) is 0 Å². The van der Waals surface area contributed by atoms with E-state index in [1.807, 2.05) is 18.2 Å². The van der Waals surface area contributed by atoms with E-state index >= 15 is 0 Å². The fraction of sp³-hybridized carbons (Fsp3) is 0.143. The van der Waals surface area contributed by atoms with Crippen molar-refractivity contribution in [2.45, 2.75) is 6.42 Å². The zero-order valence-corrected chi connectivity index (χ0v) is 10.2. The van der Waals surface area contributed by atoms with E-state index in [4.69, 9.17) is 0 Å². The molecule has 0 atom stereocenters. The summed E-state index contributed by atoms with van der Waals surface area (Å²) < 4.78 is 0. The molecule has 0 unspecified atom stereocenters. The van der Waals surface area contributed by atoms with Crippen LogP contribution >= 0.6 is 0 Å². The Morgan fingerprint density at radius 2 is 2.21 bits per heavy atom. The van der Waals surface area contributed by atoms with Crippen molar-refractivity contribution in [3.63, 3.8) is 0 Å². The summed E-state index contributed by atoms with van der Waals surface area (Å²) in [6, 6.07) is 7.16. The smallest absolute Gasteiger partial charge is 0.257 e. The number of pyridine rings is 1. The average molecular weight is 255 g/mol. The number of carbonyl (C=O) groups is 1. The van der Waals surface area contributed by atoms with E-state index in [2.05, 4.69) is 15.6 Å². The van der Waals surface area contributed by atoms with Crippen LogP contribution in [0.3, 0.4) is 0 Å². The molecule has 0 radical (unpaired) electrons. The predicted octanol–water partition coefficient (Wildman–Crippen LogP) is 2.01. The van der Waals surface area contributed by atoms with Crippen molar-refractivity contribution in [3.8, 4) is 5.75 Å². The molecule has 0 saturated heterocycles. The first-order valence-corrected chi connectivity index (χ1v) is 6.04. The number of benzene rings is 1. The van der Waals surface area contributed by atoms with Gasteiger partial charge >= 0.3 is 0 Å². The molecular formula is C14H13N3O2. The molecule has 1 aromatic heterocycles. The number of hydrogen-bond acceptors (Lipinski definition) is 4. The monoisotopic (exact) mass is 255 g/mol. The summed E-state index contributed by atoms with van der Waals surface area (Å²) >= 11 is 0. The normalized spacial score (nSPS) is 12.6. The van der Waals surface area contributed by atoms with Crippen molar-refractivity contribution in [1.82, 2.24) is 4.98 Å². The van der Waals surface area contributed by atoms with Gasteiger partial charge in [0.1, 0.15) is 5.75 Å². The minimum atomic E-state index is -0.283. The van der Waals surface area contributed by atoms with E-state index in [-0.39, 0.29) is 11.7 Å². The fourth-order valence-corrected chi connectivity index (χ4v) is 2.14. The second-order valence-corrected chi connectivity index (χ2v) is 4.43. The minimum absolute atomic E-state index is 0.0224. The van der Waals surface area contributed by atoms with Gasteiger partial charge < -0.3 is 15.7 Å². The fourth-order valence-electron chi connectivity index (χ4n) is 2.14. The van der Waals surface area contributed by atoms with Crippen LogP contribution in [0.2, 0.25) is 0 Å². The summed E-state index contributed by atoms with van der Waals surface area (Å²) in [7, 11) is 0. The third-order valence-electron chi connectivity index (χ3n) is 3.06. The number of nitrogens with one attached hydrogen (secondary N) is 2. The highest BCUT2D eigenvalue weighted by Gasteiger charge is 2.12. The Morgan fingerprint density at radius 3 is 3.05 bits per heavy atom. The first kappa shape index (κ1) is 11.5. The van der Waals surface area contributed by atoms with Gasteiger partial charge in [-0.3, -0.25) is 9.78 Å². The van der Waals surface area contributed by atoms with E-state index in [9.17, 15) is 9.90 Å². The molecule has 5 nitrogen and oxygen atoms in total. The van der Waals surface area contributed by atoms with Crippen LogP contribution in [0.15, 0.2) is 36.7 Å². The van der Waals surface area contributed by atoms with Crippen molar-refractivity contribution in [3.05, 3.63) is 47.8 Å². The number of fused-ring (bicyclic) bond motifs is 1. The number of hydrogen-bond donors (Lipinski definition) is 3. The zero-order valence-electron chi connectivity index (χ0n) is 10.2. The lowest BCUT2D eigenvalue weighted by molar-refractivity contribution is 0.102. The summed E-state index contributed by atoms with van der Waals surface area (Å²) in [4.78, 5) is 15.8. The molecule has 0 aliphatic carbocycles. The quantitative estimate of drug-likeness (QED) is 0.767. The van der Waals surface area contributed by atoms with Crippen molar-refractivity contribution < 1.29 is 9.90 Å². The highest BCUT2D eigenvalue weighted by atomic mass is 16.3. The molecule has 96 valence electrons. The average Bonchev–Trinajstić information content (AvgIpc) is 2.86. The van der Waals surface area contributed by atoms with Crippen molar-refractivity contribution in [2.24, 2.45) is 0 Å². The van der Waals surface area contributed by atoms with Crippen LogP contribution < -0.4 is 10.6 Å². The molecule has 2 aromatic rings. The highest BCUT2D eigenvalue weighted by molar-refractivity contribution is 6.04. The molecule has 1 aliphatic rings. The van der Waals surface area contributed by atoms with Crippen LogP contribution in [-0.2, 0) is 6.42 Å². The van der Waals surface area contributed by atoms with Crippen LogP contribution in [0.5, 0.6) is 5.75 Å². The van der Waals surface area contributed by atoms with Gasteiger partial charge in [-0.15, -0.1) is 0 Å². The number of aromatic hydroxyl groups is 1. The van der Waals surface area contributed by atoms with Gasteiger partial charge in [0.05, 0.1) is 11.8 Å². The second kappa shape index (κ2) is 4.61. The maximum Gasteiger partial charge on any atom is 0.257 e. The van der Waals surface area contributed by atoms with Gasteiger partial charge in [0.25, 0.3) is 5.91 Å². The Morgan fingerprint density at radius 1 is 1.32 bits per heavy atom. The van der Waals surface area contributed by atoms with Crippen molar-refractivity contribution >= 4 is 17.3 Å². The molecule has 2 heterocycles. The lowest BCUT2D eigenvalue weighted by Crippen LogP contribution is -2.12. The van der Waals surface area contributed by atoms with Gasteiger partial charge in [-0.05, 0) is 36.2 Å². The molecule has 1 amide bonds. The molecule has 1 aromatic carbocycles. The van der Waals surface area contributed by atoms with Crippen LogP contribution in [-0.4, -0.2) is 22.5 Å². The number of nitrogens with zero attached hydrogens (tertiary/aromatic N) is 1. The van der Waals surface area contributed by atoms with E-state index < -0.39 is 0 Å². The van der Waals surface area contributed by atoms with E-state index in [0.29, 0.717) is 5.56 Å². The van der Waals surface area contributed by atoms with E-state index in [0.717, 1.165) is 24.3 Å². The SMILES string of the molecule is O=C(Nc1ccc2c(c1)CCN2)c1cncc(O)c1. The minimum Gasteiger partial charge on any atom is -0.506 e. The van der Waals surface area contributed by atoms with Crippen LogP contribution in [0.1, 0.15) is 15.9 Å². The molecule has 5 heteroatoms. The summed E-state index contributed by atoms with van der Waals surface area (Å²) in [6.07, 6.45) is 3.68. The summed E-state index contributed by atoms with van der Waals surface area (Å²) in [5, 5.41) is 15.4. The first-order chi connectivity index (χ1) is 9.22. The molecule has 3 rings (SSSR count). The van der Waals surface area contributed by atoms with Gasteiger partial charge in [-0.2, -0.15) is 0 Å². The van der Waals surface area contributed by atoms with Gasteiger partial charge in [-0.25, -0.2) is 0 Å². The Hall–Kier alpha value is -2.56. The van der Waals surface area contributed by atoms with Crippen LogP contribution in [0.4, 0.5) is 11.4 Å². The lowest BCUT2D eigenvalue weighted by atomic mass is 10.1. The van der Waals surface area contributed by atoms with Crippen molar-refractivity contribution in [1.29, 1.82) is 0 Å². The lowest BCUT2D eigenvalue weighted by Gasteiger charge is -2.07. The third-order valence-corrected chi connectivity index (χ3v) is 3.06. The molecular weight excluding hydrogens is 242 g/mol. The summed E-state index contributed by atoms with van der Waals surface area (Å²) in [5.41, 5.74) is 3.40. The Labute approximate surface area is 110 Å². The Kier molecular flexibility index (Phi) is 2.79. The molecule has 0 bridgehead atoms. The van der Waals surface area contributed by atoms with E-state index in [1.54, 1.807) is 0 Å². The molecule has 0 spiro atoms. The predicted molar refractivity (Wildman–Crippen MR) is 72.5 cm³/mol. The molecule has 19 heavy (non-hydrogen) atoms. The summed E-state index contributed by atoms with van der Waals surface area (Å²) in [5.74, 6) is -0.305. The topological polar surface area (TPSA) is 74.2 Å². The second-order valence-electron chi connectivity index (χ2n) is 4.43. The van der Waals surface area contributed by atoms with Crippen molar-refractivity contribution in [2.75, 3.05) is 17.2 Å². The maximum absolute atomic E-state index is 12.0. The first-order valence-electron chi connectivity index (χ1n) is 6.04. The number of rotatable bonds is 2. The van der Waals surface area contributed by atoms with Gasteiger partial charge in [-0.1, -0.05) is 0 Å². The maximum atomic E-state index is 12.0. The zero-order chi connectivity index (χ0) is 13.2. The molecule has 1 aliphatic heterocycles. The Bertz CT molecular complexity index is 640. The number of aromatic nitrogens is 1. The largest absolute Gasteiger partial charge is 0.506 e. The molecule has 0 saturated carbocycles. The highest BCUT2D eigenvalue weighted by Crippen LogP contribution is 2.25. The Balaban J connectivity index is 1.80. The van der Waals surface area contributed by atoms with Gasteiger partial charge in [0.2, 0.25) is 0 Å². The number of anilines is 2. The summed E-state index contributed by atoms with van der Waals surface area (Å²) in [6.45, 7) is 0.934. The van der Waals surface area contributed by atoms with Gasteiger partial charge in [0, 0.05) is 24.1 Å². The number of amides is 1. The third kappa shape index (κ3) is 2.35. The standard InChI is InChI=1S/C14H13N3O2/c18-12-6-10(7-15-8-12)14(19)17-11-1-2-13-9(5-11)3-4-16-13/h1-2,5-8,16,18H,3-4H2,(H,17,19).